The summed E-state index contributed by atoms with van der Waals surface area (Å²) in [5.74, 6) is 0.658. The predicted molar refractivity (Wildman–Crippen MR) is 136 cm³/mol. The van der Waals surface area contributed by atoms with Crippen molar-refractivity contribution in [3.8, 4) is 11.5 Å². The number of sulfonamides is 1. The first kappa shape index (κ1) is 27.0. The van der Waals surface area contributed by atoms with Crippen molar-refractivity contribution >= 4 is 50.6 Å². The number of halogens is 1. The zero-order valence-electron chi connectivity index (χ0n) is 19.4. The van der Waals surface area contributed by atoms with Gasteiger partial charge in [-0.2, -0.15) is 0 Å². The van der Waals surface area contributed by atoms with E-state index in [-0.39, 0.29) is 18.5 Å². The van der Waals surface area contributed by atoms with Gasteiger partial charge < -0.3 is 20.5 Å². The molecule has 1 aromatic heterocycles. The lowest BCUT2D eigenvalue weighted by molar-refractivity contribution is -0.120. The maximum Gasteiger partial charge on any atom is 0.260 e. The fourth-order valence-corrected chi connectivity index (χ4v) is 3.81. The normalized spacial score (nSPS) is 12.0. The number of amides is 1. The molecule has 0 spiro atoms. The van der Waals surface area contributed by atoms with Crippen LogP contribution in [0.2, 0.25) is 0 Å². The summed E-state index contributed by atoms with van der Waals surface area (Å²) in [6.45, 7) is 6.03. The molecule has 0 aliphatic carbocycles. The van der Waals surface area contributed by atoms with Gasteiger partial charge in [0.25, 0.3) is 5.91 Å². The van der Waals surface area contributed by atoms with Gasteiger partial charge in [-0.05, 0) is 68.1 Å². The van der Waals surface area contributed by atoms with E-state index in [0.29, 0.717) is 35.2 Å². The number of pyridine rings is 1. The van der Waals surface area contributed by atoms with E-state index in [2.05, 4.69) is 15.0 Å². The number of nitrogens with zero attached hydrogens (tertiary/aromatic N) is 1. The Bertz CT molecular complexity index is 1270. The van der Waals surface area contributed by atoms with Crippen LogP contribution < -0.4 is 25.2 Å². The van der Waals surface area contributed by atoms with E-state index in [1.165, 1.54) is 0 Å². The monoisotopic (exact) mass is 508 g/mol. The first-order valence-corrected chi connectivity index (χ1v) is 12.3. The van der Waals surface area contributed by atoms with Crippen molar-refractivity contribution in [2.75, 3.05) is 23.9 Å². The second-order valence-electron chi connectivity index (χ2n) is 7.75. The Morgan fingerprint density at radius 3 is 2.50 bits per heavy atom. The maximum atomic E-state index is 13.0. The third-order valence-corrected chi connectivity index (χ3v) is 5.19. The van der Waals surface area contributed by atoms with Crippen molar-refractivity contribution < 1.29 is 22.7 Å². The van der Waals surface area contributed by atoms with Crippen LogP contribution in [0.4, 0.5) is 11.5 Å². The Kier molecular flexibility index (Phi) is 8.94. The average Bonchev–Trinajstić information content (AvgIpc) is 2.72. The molecule has 2 aromatic carbocycles. The maximum absolute atomic E-state index is 13.0. The molecule has 1 amide bonds. The van der Waals surface area contributed by atoms with Crippen LogP contribution in [-0.2, 0) is 14.8 Å². The van der Waals surface area contributed by atoms with Crippen molar-refractivity contribution in [2.24, 2.45) is 0 Å². The van der Waals surface area contributed by atoms with Gasteiger partial charge in [-0.25, -0.2) is 13.4 Å². The standard InChI is InChI=1S/C23H28N4O5S.ClH/c1-5-31-20-13-16(6-9-19(20)32-14(2)3)21(23(28)27-33(4,29)30)26-17-7-8-18-15(12-17)10-11-25-22(18)24;/h6-14,21,26H,5H2,1-4H3,(H2,24,25)(H,27,28);1H. The molecule has 11 heteroatoms. The van der Waals surface area contributed by atoms with Crippen molar-refractivity contribution in [1.82, 2.24) is 9.71 Å². The number of nitrogens with one attached hydrogen (secondary N) is 2. The van der Waals surface area contributed by atoms with Gasteiger partial charge in [0.05, 0.1) is 19.0 Å². The molecule has 34 heavy (non-hydrogen) atoms. The molecular formula is C23H29ClN4O5S. The van der Waals surface area contributed by atoms with E-state index >= 15 is 0 Å². The molecule has 0 aliphatic rings. The molecular weight excluding hydrogens is 480 g/mol. The minimum Gasteiger partial charge on any atom is -0.490 e. The third-order valence-electron chi connectivity index (χ3n) is 4.62. The Hall–Kier alpha value is -3.24. The fraction of sp³-hybridized carbons (Fsp3) is 0.304. The van der Waals surface area contributed by atoms with Gasteiger partial charge in [-0.15, -0.1) is 12.4 Å². The van der Waals surface area contributed by atoms with Gasteiger partial charge >= 0.3 is 0 Å². The number of aromatic nitrogens is 1. The molecule has 0 saturated carbocycles. The van der Waals surface area contributed by atoms with E-state index in [0.717, 1.165) is 17.0 Å². The molecule has 0 radical (unpaired) electrons. The van der Waals surface area contributed by atoms with Crippen LogP contribution in [0.1, 0.15) is 32.4 Å². The zero-order chi connectivity index (χ0) is 24.2. The van der Waals surface area contributed by atoms with Gasteiger partial charge in [0, 0.05) is 17.3 Å². The number of fused-ring (bicyclic) bond motifs is 1. The number of carbonyl (C=O) groups is 1. The highest BCUT2D eigenvalue weighted by Gasteiger charge is 2.25. The van der Waals surface area contributed by atoms with Crippen LogP contribution in [0, 0.1) is 0 Å². The summed E-state index contributed by atoms with van der Waals surface area (Å²) in [6.07, 6.45) is 2.45. The number of rotatable bonds is 9. The number of anilines is 2. The molecule has 9 nitrogen and oxygen atoms in total. The number of ether oxygens (including phenoxy) is 2. The van der Waals surface area contributed by atoms with Gasteiger partial charge in [0.2, 0.25) is 10.0 Å². The minimum atomic E-state index is -3.77. The van der Waals surface area contributed by atoms with Crippen molar-refractivity contribution in [3.05, 3.63) is 54.2 Å². The summed E-state index contributed by atoms with van der Waals surface area (Å²) in [4.78, 5) is 17.0. The average molecular weight is 509 g/mol. The SMILES string of the molecule is CCOc1cc(C(Nc2ccc3c(N)nccc3c2)C(=O)NS(C)(=O)=O)ccc1OC(C)C.Cl. The lowest BCUT2D eigenvalue weighted by Gasteiger charge is -2.22. The summed E-state index contributed by atoms with van der Waals surface area (Å²) in [6, 6.07) is 11.2. The molecule has 184 valence electrons. The van der Waals surface area contributed by atoms with Gasteiger partial charge in [0.1, 0.15) is 11.9 Å². The number of carbonyl (C=O) groups excluding carboxylic acids is 1. The molecule has 0 aliphatic heterocycles. The molecule has 3 aromatic rings. The Balaban J connectivity index is 0.00000408. The molecule has 0 saturated heterocycles. The highest BCUT2D eigenvalue weighted by Crippen LogP contribution is 2.33. The van der Waals surface area contributed by atoms with Gasteiger partial charge in [0.15, 0.2) is 11.5 Å². The Labute approximate surface area is 205 Å². The van der Waals surface area contributed by atoms with E-state index in [9.17, 15) is 13.2 Å². The Morgan fingerprint density at radius 2 is 1.85 bits per heavy atom. The topological polar surface area (TPSA) is 133 Å². The van der Waals surface area contributed by atoms with Crippen molar-refractivity contribution in [3.63, 3.8) is 0 Å². The molecule has 1 heterocycles. The summed E-state index contributed by atoms with van der Waals surface area (Å²) in [5, 5.41) is 4.72. The minimum absolute atomic E-state index is 0. The lowest BCUT2D eigenvalue weighted by Crippen LogP contribution is -2.37. The largest absolute Gasteiger partial charge is 0.490 e. The second kappa shape index (κ2) is 11.3. The van der Waals surface area contributed by atoms with Crippen LogP contribution >= 0.6 is 12.4 Å². The Morgan fingerprint density at radius 1 is 1.12 bits per heavy atom. The number of hydrogen-bond acceptors (Lipinski definition) is 8. The van der Waals surface area contributed by atoms with E-state index in [1.54, 1.807) is 42.6 Å². The number of hydrogen-bond donors (Lipinski definition) is 3. The van der Waals surface area contributed by atoms with Crippen molar-refractivity contribution in [2.45, 2.75) is 32.9 Å². The van der Waals surface area contributed by atoms with Crippen LogP contribution in [0.25, 0.3) is 10.8 Å². The van der Waals surface area contributed by atoms with E-state index in [4.69, 9.17) is 15.2 Å². The van der Waals surface area contributed by atoms with Crippen molar-refractivity contribution in [1.29, 1.82) is 0 Å². The van der Waals surface area contributed by atoms with Gasteiger partial charge in [-0.3, -0.25) is 9.52 Å². The number of nitrogens with two attached hydrogens (primary N) is 1. The van der Waals surface area contributed by atoms with Crippen LogP contribution in [0.15, 0.2) is 48.7 Å². The van der Waals surface area contributed by atoms with Gasteiger partial charge in [-0.1, -0.05) is 6.07 Å². The quantitative estimate of drug-likeness (QED) is 0.399. The highest BCUT2D eigenvalue weighted by atomic mass is 35.5. The molecule has 1 unspecified atom stereocenters. The third kappa shape index (κ3) is 6.88. The molecule has 0 fully saturated rings. The summed E-state index contributed by atoms with van der Waals surface area (Å²) >= 11 is 0. The van der Waals surface area contributed by atoms with E-state index < -0.39 is 22.0 Å². The van der Waals surface area contributed by atoms with E-state index in [1.807, 2.05) is 26.8 Å². The van der Waals surface area contributed by atoms with Crippen LogP contribution in [0.5, 0.6) is 11.5 Å². The first-order valence-electron chi connectivity index (χ1n) is 10.4. The van der Waals surface area contributed by atoms with Crippen LogP contribution in [0.3, 0.4) is 0 Å². The first-order chi connectivity index (χ1) is 15.6. The molecule has 0 bridgehead atoms. The lowest BCUT2D eigenvalue weighted by atomic mass is 10.0. The fourth-order valence-electron chi connectivity index (χ4n) is 3.32. The predicted octanol–water partition coefficient (Wildman–Crippen LogP) is 3.65. The zero-order valence-corrected chi connectivity index (χ0v) is 21.0. The molecule has 3 rings (SSSR count). The smallest absolute Gasteiger partial charge is 0.260 e. The molecule has 1 atom stereocenters. The highest BCUT2D eigenvalue weighted by molar-refractivity contribution is 7.89. The van der Waals surface area contributed by atoms with Crippen LogP contribution in [-0.4, -0.2) is 38.3 Å². The number of benzene rings is 2. The second-order valence-corrected chi connectivity index (χ2v) is 9.50. The molecule has 4 N–H and O–H groups in total. The summed E-state index contributed by atoms with van der Waals surface area (Å²) in [7, 11) is -3.77. The summed E-state index contributed by atoms with van der Waals surface area (Å²) < 4.78 is 37.1. The summed E-state index contributed by atoms with van der Waals surface area (Å²) in [5.41, 5.74) is 7.03. The number of nitrogen functional groups attached to an aromatic ring is 1.